The average Bonchev–Trinajstić information content (AvgIpc) is 2.84. The highest BCUT2D eigenvalue weighted by Gasteiger charge is 2.39. The summed E-state index contributed by atoms with van der Waals surface area (Å²) in [5.41, 5.74) is 5.74. The Morgan fingerprint density at radius 1 is 1.47 bits per heavy atom. The van der Waals surface area contributed by atoms with Gasteiger partial charge >= 0.3 is 0 Å². The Hall–Kier alpha value is -1.20. The smallest absolute Gasteiger partial charge is 0.247 e. The summed E-state index contributed by atoms with van der Waals surface area (Å²) in [6.45, 7) is 0. The first kappa shape index (κ1) is 9.06. The summed E-state index contributed by atoms with van der Waals surface area (Å²) in [6.07, 6.45) is 3.03. The van der Waals surface area contributed by atoms with E-state index in [2.05, 4.69) is 10.1 Å². The lowest BCUT2D eigenvalue weighted by Gasteiger charge is -2.33. The Labute approximate surface area is 91.1 Å². The first-order valence-corrected chi connectivity index (χ1v) is 5.83. The van der Waals surface area contributed by atoms with Gasteiger partial charge in [0.2, 0.25) is 11.7 Å². The SMILES string of the molecule is NC1(c2nc(-c3cccs3)no2)CCC1. The lowest BCUT2D eigenvalue weighted by Crippen LogP contribution is -2.43. The van der Waals surface area contributed by atoms with E-state index in [0.717, 1.165) is 24.1 Å². The summed E-state index contributed by atoms with van der Waals surface area (Å²) >= 11 is 1.60. The molecule has 3 rings (SSSR count). The van der Waals surface area contributed by atoms with Gasteiger partial charge in [-0.2, -0.15) is 4.98 Å². The summed E-state index contributed by atoms with van der Waals surface area (Å²) in [5, 5.41) is 5.94. The van der Waals surface area contributed by atoms with Crippen LogP contribution in [0.3, 0.4) is 0 Å². The molecule has 0 aromatic carbocycles. The Bertz CT molecular complexity index is 459. The lowest BCUT2D eigenvalue weighted by molar-refractivity contribution is 0.181. The molecule has 0 bridgehead atoms. The fourth-order valence-corrected chi connectivity index (χ4v) is 2.35. The number of nitrogens with zero attached hydrogens (tertiary/aromatic N) is 2. The standard InChI is InChI=1S/C10H11N3OS/c11-10(4-2-5-10)9-12-8(13-14-9)7-3-1-6-15-7/h1,3,6H,2,4-5,11H2. The first-order valence-electron chi connectivity index (χ1n) is 4.95. The number of aromatic nitrogens is 2. The Morgan fingerprint density at radius 2 is 2.33 bits per heavy atom. The second-order valence-electron chi connectivity index (χ2n) is 3.91. The number of nitrogens with two attached hydrogens (primary N) is 1. The fraction of sp³-hybridized carbons (Fsp3) is 0.400. The number of thiophene rings is 1. The van der Waals surface area contributed by atoms with Crippen LogP contribution in [-0.2, 0) is 5.54 Å². The van der Waals surface area contributed by atoms with E-state index in [0.29, 0.717) is 11.7 Å². The van der Waals surface area contributed by atoms with Gasteiger partial charge in [-0.05, 0) is 30.7 Å². The average molecular weight is 221 g/mol. The summed E-state index contributed by atoms with van der Waals surface area (Å²) in [5.74, 6) is 1.23. The van der Waals surface area contributed by atoms with Crippen molar-refractivity contribution in [3.63, 3.8) is 0 Å². The Balaban J connectivity index is 1.94. The highest BCUT2D eigenvalue weighted by molar-refractivity contribution is 7.13. The van der Waals surface area contributed by atoms with E-state index in [9.17, 15) is 0 Å². The van der Waals surface area contributed by atoms with Gasteiger partial charge < -0.3 is 10.3 Å². The quantitative estimate of drug-likeness (QED) is 0.843. The van der Waals surface area contributed by atoms with Crippen molar-refractivity contribution in [2.24, 2.45) is 5.73 Å². The van der Waals surface area contributed by atoms with Gasteiger partial charge in [-0.25, -0.2) is 0 Å². The molecule has 0 spiro atoms. The molecular formula is C10H11N3OS. The molecule has 0 radical (unpaired) electrons. The minimum atomic E-state index is -0.359. The normalized spacial score (nSPS) is 18.7. The summed E-state index contributed by atoms with van der Waals surface area (Å²) in [7, 11) is 0. The summed E-state index contributed by atoms with van der Waals surface area (Å²) in [6, 6.07) is 3.95. The third-order valence-electron chi connectivity index (χ3n) is 2.84. The van der Waals surface area contributed by atoms with Crippen LogP contribution in [0.15, 0.2) is 22.0 Å². The van der Waals surface area contributed by atoms with Gasteiger partial charge in [-0.3, -0.25) is 0 Å². The molecule has 2 N–H and O–H groups in total. The maximum absolute atomic E-state index is 6.10. The molecule has 15 heavy (non-hydrogen) atoms. The lowest BCUT2D eigenvalue weighted by atomic mass is 9.78. The van der Waals surface area contributed by atoms with Gasteiger partial charge in [0.15, 0.2) is 0 Å². The zero-order valence-corrected chi connectivity index (χ0v) is 8.96. The molecule has 5 heteroatoms. The van der Waals surface area contributed by atoms with Crippen molar-refractivity contribution in [2.75, 3.05) is 0 Å². The van der Waals surface area contributed by atoms with Crippen LogP contribution in [0.5, 0.6) is 0 Å². The molecule has 1 fully saturated rings. The highest BCUT2D eigenvalue weighted by Crippen LogP contribution is 2.38. The van der Waals surface area contributed by atoms with Crippen molar-refractivity contribution in [1.29, 1.82) is 0 Å². The fourth-order valence-electron chi connectivity index (χ4n) is 1.70. The van der Waals surface area contributed by atoms with Crippen LogP contribution in [0.25, 0.3) is 10.7 Å². The van der Waals surface area contributed by atoms with Crippen molar-refractivity contribution in [3.8, 4) is 10.7 Å². The minimum absolute atomic E-state index is 0.359. The van der Waals surface area contributed by atoms with Crippen LogP contribution in [0.2, 0.25) is 0 Å². The largest absolute Gasteiger partial charge is 0.337 e. The molecular weight excluding hydrogens is 210 g/mol. The third-order valence-corrected chi connectivity index (χ3v) is 3.71. The maximum Gasteiger partial charge on any atom is 0.247 e. The molecule has 0 saturated heterocycles. The van der Waals surface area contributed by atoms with Gasteiger partial charge in [0.05, 0.1) is 10.4 Å². The van der Waals surface area contributed by atoms with Crippen molar-refractivity contribution in [1.82, 2.24) is 10.1 Å². The molecule has 2 aromatic heterocycles. The van der Waals surface area contributed by atoms with Crippen molar-refractivity contribution >= 4 is 11.3 Å². The van der Waals surface area contributed by atoms with Crippen LogP contribution in [0, 0.1) is 0 Å². The zero-order chi connectivity index (χ0) is 10.3. The van der Waals surface area contributed by atoms with E-state index in [1.165, 1.54) is 0 Å². The van der Waals surface area contributed by atoms with Gasteiger partial charge in [-0.15, -0.1) is 11.3 Å². The van der Waals surface area contributed by atoms with Crippen LogP contribution in [0.4, 0.5) is 0 Å². The highest BCUT2D eigenvalue weighted by atomic mass is 32.1. The number of rotatable bonds is 2. The molecule has 1 aliphatic carbocycles. The molecule has 2 aromatic rings. The Kier molecular flexibility index (Phi) is 1.90. The van der Waals surface area contributed by atoms with E-state index in [-0.39, 0.29) is 5.54 Å². The molecule has 78 valence electrons. The van der Waals surface area contributed by atoms with E-state index in [1.807, 2.05) is 17.5 Å². The second-order valence-corrected chi connectivity index (χ2v) is 4.86. The molecule has 0 unspecified atom stereocenters. The van der Waals surface area contributed by atoms with E-state index in [4.69, 9.17) is 10.3 Å². The van der Waals surface area contributed by atoms with E-state index < -0.39 is 0 Å². The van der Waals surface area contributed by atoms with Gasteiger partial charge in [0.25, 0.3) is 0 Å². The number of hydrogen-bond donors (Lipinski definition) is 1. The van der Waals surface area contributed by atoms with E-state index in [1.54, 1.807) is 11.3 Å². The van der Waals surface area contributed by atoms with Gasteiger partial charge in [-0.1, -0.05) is 11.2 Å². The van der Waals surface area contributed by atoms with Gasteiger partial charge in [0, 0.05) is 0 Å². The predicted octanol–water partition coefficient (Wildman–Crippen LogP) is 2.14. The molecule has 0 aliphatic heterocycles. The molecule has 0 atom stereocenters. The number of hydrogen-bond acceptors (Lipinski definition) is 5. The predicted molar refractivity (Wildman–Crippen MR) is 57.3 cm³/mol. The zero-order valence-electron chi connectivity index (χ0n) is 8.14. The van der Waals surface area contributed by atoms with Crippen LogP contribution >= 0.6 is 11.3 Å². The van der Waals surface area contributed by atoms with Crippen LogP contribution in [0.1, 0.15) is 25.2 Å². The van der Waals surface area contributed by atoms with Gasteiger partial charge in [0.1, 0.15) is 0 Å². The topological polar surface area (TPSA) is 64.9 Å². The van der Waals surface area contributed by atoms with E-state index >= 15 is 0 Å². The molecule has 4 nitrogen and oxygen atoms in total. The molecule has 1 aliphatic rings. The molecule has 1 saturated carbocycles. The molecule has 0 amide bonds. The summed E-state index contributed by atoms with van der Waals surface area (Å²) < 4.78 is 5.22. The van der Waals surface area contributed by atoms with Crippen LogP contribution < -0.4 is 5.73 Å². The molecule has 2 heterocycles. The Morgan fingerprint density at radius 3 is 2.93 bits per heavy atom. The second kappa shape index (κ2) is 3.15. The summed E-state index contributed by atoms with van der Waals surface area (Å²) in [4.78, 5) is 5.38. The van der Waals surface area contributed by atoms with Crippen LogP contribution in [-0.4, -0.2) is 10.1 Å². The van der Waals surface area contributed by atoms with Crippen molar-refractivity contribution < 1.29 is 4.52 Å². The van der Waals surface area contributed by atoms with Crippen molar-refractivity contribution in [3.05, 3.63) is 23.4 Å². The minimum Gasteiger partial charge on any atom is -0.337 e. The van der Waals surface area contributed by atoms with Crippen molar-refractivity contribution in [2.45, 2.75) is 24.8 Å². The maximum atomic E-state index is 6.10. The monoisotopic (exact) mass is 221 g/mol. The third kappa shape index (κ3) is 1.39. The first-order chi connectivity index (χ1) is 7.28.